The van der Waals surface area contributed by atoms with E-state index >= 15 is 0 Å². The normalized spacial score (nSPS) is 11.1. The molecule has 0 bridgehead atoms. The second kappa shape index (κ2) is 10.3. The van der Waals surface area contributed by atoms with Crippen LogP contribution in [-0.4, -0.2) is 45.0 Å². The highest BCUT2D eigenvalue weighted by atomic mass is 32.2. The van der Waals surface area contributed by atoms with E-state index < -0.39 is 13.9 Å². The van der Waals surface area contributed by atoms with Crippen molar-refractivity contribution in [3.05, 3.63) is 0 Å². The van der Waals surface area contributed by atoms with E-state index in [1.807, 2.05) is 20.1 Å². The van der Waals surface area contributed by atoms with E-state index in [0.717, 1.165) is 0 Å². The molecule has 0 saturated carbocycles. The molecular weight excluding hydrogens is 285 g/mol. The number of oxime groups is 1. The molecule has 0 atom stereocenters. The number of thioether (sulfide) groups is 1. The van der Waals surface area contributed by atoms with Crippen molar-refractivity contribution in [3.8, 4) is 0 Å². The Balaban J connectivity index is -0.000000321. The first-order valence-electron chi connectivity index (χ1n) is 4.28. The maximum atomic E-state index is 10.5. The standard InChI is InChI=1S/C7H14N2O2S.H3N.H3O4P/c1-7(2,12-4)5-9-11-6(10)8-3;;1-5(2,3)4/h5H,1-4H3,(H,8,10);1H3;(H3,1,2,3,4)/b9-5+;;. The summed E-state index contributed by atoms with van der Waals surface area (Å²) in [7, 11) is -3.16. The third-order valence-corrected chi connectivity index (χ3v) is 2.39. The van der Waals surface area contributed by atoms with Gasteiger partial charge in [0, 0.05) is 11.8 Å². The number of hydrogen-bond acceptors (Lipinski definition) is 6. The fraction of sp³-hybridized carbons (Fsp3) is 0.714. The molecule has 18 heavy (non-hydrogen) atoms. The van der Waals surface area contributed by atoms with Gasteiger partial charge in [-0.3, -0.25) is 4.84 Å². The minimum Gasteiger partial charge on any atom is -0.344 e. The first-order chi connectivity index (χ1) is 7.52. The zero-order chi connectivity index (χ0) is 14.1. The summed E-state index contributed by atoms with van der Waals surface area (Å²) in [5, 5.41) is 5.81. The maximum Gasteiger partial charge on any atom is 0.466 e. The summed E-state index contributed by atoms with van der Waals surface area (Å²) < 4.78 is 8.78. The largest absolute Gasteiger partial charge is 0.466 e. The number of rotatable bonds is 3. The van der Waals surface area contributed by atoms with Crippen LogP contribution in [-0.2, 0) is 9.40 Å². The quantitative estimate of drug-likeness (QED) is 0.220. The summed E-state index contributed by atoms with van der Waals surface area (Å²) in [6.45, 7) is 3.96. The van der Waals surface area contributed by atoms with Crippen molar-refractivity contribution in [1.29, 1.82) is 0 Å². The van der Waals surface area contributed by atoms with Crippen molar-refractivity contribution in [2.24, 2.45) is 5.16 Å². The highest BCUT2D eigenvalue weighted by Crippen LogP contribution is 2.25. The predicted octanol–water partition coefficient (Wildman–Crippen LogP) is 0.703. The number of amides is 1. The topological polar surface area (TPSA) is 163 Å². The Bertz CT molecular complexity index is 297. The summed E-state index contributed by atoms with van der Waals surface area (Å²) in [6, 6.07) is 0. The SMILES string of the molecule is CNC(=O)O/N=C/C(C)(C)SC.N.O=P(O)(O)O. The zero-order valence-electron chi connectivity index (χ0n) is 10.7. The number of nitrogens with one attached hydrogen (secondary N) is 1. The molecule has 0 spiro atoms. The lowest BCUT2D eigenvalue weighted by atomic mass is 10.2. The van der Waals surface area contributed by atoms with Gasteiger partial charge in [-0.15, -0.1) is 0 Å². The van der Waals surface area contributed by atoms with Crippen molar-refractivity contribution in [3.63, 3.8) is 0 Å². The van der Waals surface area contributed by atoms with Crippen LogP contribution in [0.1, 0.15) is 13.8 Å². The smallest absolute Gasteiger partial charge is 0.344 e. The van der Waals surface area contributed by atoms with Gasteiger partial charge in [-0.2, -0.15) is 11.8 Å². The molecule has 0 aliphatic heterocycles. The lowest BCUT2D eigenvalue weighted by Crippen LogP contribution is -2.19. The second-order valence-corrected chi connectivity index (χ2v) is 5.67. The summed E-state index contributed by atoms with van der Waals surface area (Å²) in [5.74, 6) is 0. The molecule has 0 heterocycles. The van der Waals surface area contributed by atoms with Gasteiger partial charge in [0.05, 0.1) is 6.21 Å². The van der Waals surface area contributed by atoms with Crippen molar-refractivity contribution >= 4 is 31.9 Å². The molecule has 7 N–H and O–H groups in total. The Morgan fingerprint density at radius 2 is 1.83 bits per heavy atom. The van der Waals surface area contributed by atoms with Crippen molar-refractivity contribution < 1.29 is 28.9 Å². The van der Waals surface area contributed by atoms with Gasteiger partial charge in [0.15, 0.2) is 0 Å². The lowest BCUT2D eigenvalue weighted by molar-refractivity contribution is 0.153. The summed E-state index contributed by atoms with van der Waals surface area (Å²) in [6.07, 6.45) is 3.00. The molecule has 0 aliphatic rings. The number of hydrogen-bond donors (Lipinski definition) is 5. The van der Waals surface area contributed by atoms with Gasteiger partial charge in [-0.1, -0.05) is 5.16 Å². The van der Waals surface area contributed by atoms with Gasteiger partial charge in [0.1, 0.15) is 0 Å². The van der Waals surface area contributed by atoms with E-state index in [1.54, 1.807) is 18.0 Å². The van der Waals surface area contributed by atoms with Crippen LogP contribution in [0.25, 0.3) is 0 Å². The molecule has 0 aromatic heterocycles. The van der Waals surface area contributed by atoms with Crippen LogP contribution in [0.15, 0.2) is 5.16 Å². The summed E-state index contributed by atoms with van der Waals surface area (Å²) in [5.41, 5.74) is 0. The Kier molecular flexibility index (Phi) is 12.9. The van der Waals surface area contributed by atoms with Crippen LogP contribution in [0, 0.1) is 0 Å². The number of nitrogens with zero attached hydrogens (tertiary/aromatic N) is 1. The first kappa shape index (κ1) is 22.5. The fourth-order valence-corrected chi connectivity index (χ4v) is 0.448. The first-order valence-corrected chi connectivity index (χ1v) is 7.07. The third kappa shape index (κ3) is 24.5. The average Bonchev–Trinajstić information content (AvgIpc) is 2.14. The fourth-order valence-electron chi connectivity index (χ4n) is 0.299. The number of phosphoric acid groups is 1. The van der Waals surface area contributed by atoms with Crippen molar-refractivity contribution in [2.45, 2.75) is 18.6 Å². The zero-order valence-corrected chi connectivity index (χ0v) is 12.4. The molecule has 0 fully saturated rings. The average molecular weight is 305 g/mol. The highest BCUT2D eigenvalue weighted by Gasteiger charge is 2.12. The van der Waals surface area contributed by atoms with Crippen LogP contribution in [0.4, 0.5) is 4.79 Å². The van der Waals surface area contributed by atoms with Gasteiger partial charge >= 0.3 is 13.9 Å². The van der Waals surface area contributed by atoms with E-state index in [4.69, 9.17) is 19.2 Å². The molecule has 1 amide bonds. The maximum absolute atomic E-state index is 10.5. The van der Waals surface area contributed by atoms with Crippen molar-refractivity contribution in [1.82, 2.24) is 11.5 Å². The Morgan fingerprint density at radius 3 is 2.11 bits per heavy atom. The Labute approximate surface area is 110 Å². The van der Waals surface area contributed by atoms with Gasteiger partial charge in [0.25, 0.3) is 0 Å². The van der Waals surface area contributed by atoms with Crippen LogP contribution < -0.4 is 11.5 Å². The monoisotopic (exact) mass is 305 g/mol. The highest BCUT2D eigenvalue weighted by molar-refractivity contribution is 8.00. The van der Waals surface area contributed by atoms with E-state index in [2.05, 4.69) is 15.3 Å². The van der Waals surface area contributed by atoms with E-state index in [1.165, 1.54) is 7.05 Å². The van der Waals surface area contributed by atoms with E-state index in [9.17, 15) is 4.79 Å². The van der Waals surface area contributed by atoms with Crippen LogP contribution in [0.2, 0.25) is 0 Å². The molecule has 0 aromatic carbocycles. The van der Waals surface area contributed by atoms with E-state index in [-0.39, 0.29) is 10.9 Å². The van der Waals surface area contributed by atoms with Gasteiger partial charge < -0.3 is 26.1 Å². The molecule has 0 saturated heterocycles. The van der Waals surface area contributed by atoms with Gasteiger partial charge in [-0.05, 0) is 20.1 Å². The third-order valence-electron chi connectivity index (χ3n) is 1.23. The molecule has 0 aliphatic carbocycles. The van der Waals surface area contributed by atoms with Gasteiger partial charge in [0.2, 0.25) is 0 Å². The van der Waals surface area contributed by atoms with Crippen LogP contribution in [0.5, 0.6) is 0 Å². The van der Waals surface area contributed by atoms with E-state index in [0.29, 0.717) is 0 Å². The number of carbonyl (C=O) groups excluding carboxylic acids is 1. The molecule has 0 rings (SSSR count). The van der Waals surface area contributed by atoms with Crippen molar-refractivity contribution in [2.75, 3.05) is 13.3 Å². The molecule has 9 nitrogen and oxygen atoms in total. The molecule has 110 valence electrons. The summed E-state index contributed by atoms with van der Waals surface area (Å²) >= 11 is 1.63. The molecule has 0 aromatic rings. The minimum atomic E-state index is -4.64. The molecule has 0 unspecified atom stereocenters. The van der Waals surface area contributed by atoms with Crippen LogP contribution >= 0.6 is 19.6 Å². The second-order valence-electron chi connectivity index (χ2n) is 3.18. The minimum absolute atomic E-state index is 0. The Hall–Kier alpha value is -0.640. The Morgan fingerprint density at radius 1 is 1.44 bits per heavy atom. The summed E-state index contributed by atoms with van der Waals surface area (Å²) in [4.78, 5) is 36.5. The van der Waals surface area contributed by atoms with Crippen LogP contribution in [0.3, 0.4) is 0 Å². The molecular formula is C7H20N3O6PS. The molecule has 0 radical (unpaired) electrons. The number of carbonyl (C=O) groups is 1. The predicted molar refractivity (Wildman–Crippen MR) is 70.9 cm³/mol. The lowest BCUT2D eigenvalue weighted by Gasteiger charge is -2.13. The van der Waals surface area contributed by atoms with Gasteiger partial charge in [-0.25, -0.2) is 9.36 Å². The molecule has 11 heteroatoms.